The van der Waals surface area contributed by atoms with Crippen LogP contribution in [0.1, 0.15) is 35.2 Å². The largest absolute Gasteiger partial charge is 0.377 e. The molecule has 0 amide bonds. The van der Waals surface area contributed by atoms with Gasteiger partial charge in [-0.15, -0.1) is 11.3 Å². The first-order chi connectivity index (χ1) is 12.7. The lowest BCUT2D eigenvalue weighted by Gasteiger charge is -2.25. The van der Waals surface area contributed by atoms with E-state index in [1.54, 1.807) is 25.5 Å². The minimum atomic E-state index is 0.299. The molecule has 0 aromatic carbocycles. The number of aliphatic imine (C=N–C) groups is 1. The van der Waals surface area contributed by atoms with Crippen LogP contribution in [0.25, 0.3) is 0 Å². The Hall–Kier alpha value is -2.00. The molecule has 2 N–H and O–H groups in total. The zero-order valence-electron chi connectivity index (χ0n) is 15.7. The molecule has 0 fully saturated rings. The molecular formula is C17H27N7OS. The maximum atomic E-state index is 5.12. The molecule has 2 aromatic rings. The molecule has 142 valence electrons. The molecule has 0 aliphatic carbocycles. The van der Waals surface area contributed by atoms with Crippen molar-refractivity contribution in [3.05, 3.63) is 27.7 Å². The third-order valence-electron chi connectivity index (χ3n) is 4.27. The van der Waals surface area contributed by atoms with Gasteiger partial charge >= 0.3 is 0 Å². The Morgan fingerprint density at radius 1 is 1.46 bits per heavy atom. The number of aromatic nitrogens is 4. The summed E-state index contributed by atoms with van der Waals surface area (Å²) in [5.41, 5.74) is 1.11. The fraction of sp³-hybridized carbons (Fsp3) is 0.647. The molecule has 0 radical (unpaired) electrons. The van der Waals surface area contributed by atoms with Crippen LogP contribution in [0.4, 0.5) is 0 Å². The van der Waals surface area contributed by atoms with Crippen LogP contribution in [0.2, 0.25) is 0 Å². The van der Waals surface area contributed by atoms with Crippen molar-refractivity contribution in [3.8, 4) is 0 Å². The van der Waals surface area contributed by atoms with E-state index in [4.69, 9.17) is 4.74 Å². The molecule has 0 spiro atoms. The second-order valence-corrected chi connectivity index (χ2v) is 7.37. The normalized spacial score (nSPS) is 17.2. The number of hydrogen-bond donors (Lipinski definition) is 2. The number of nitrogens with zero attached hydrogens (tertiary/aromatic N) is 5. The Balaban J connectivity index is 1.43. The van der Waals surface area contributed by atoms with E-state index in [0.717, 1.165) is 62.1 Å². The van der Waals surface area contributed by atoms with E-state index in [-0.39, 0.29) is 0 Å². The summed E-state index contributed by atoms with van der Waals surface area (Å²) in [6.45, 7) is 4.16. The van der Waals surface area contributed by atoms with E-state index >= 15 is 0 Å². The van der Waals surface area contributed by atoms with Crippen LogP contribution in [0.3, 0.4) is 0 Å². The zero-order chi connectivity index (χ0) is 18.4. The Morgan fingerprint density at radius 3 is 3.08 bits per heavy atom. The molecule has 0 saturated heterocycles. The number of ether oxygens (including phenoxy) is 1. The Kier molecular flexibility index (Phi) is 6.56. The fourth-order valence-electron chi connectivity index (χ4n) is 3.02. The first-order valence-corrected chi connectivity index (χ1v) is 9.85. The van der Waals surface area contributed by atoms with Crippen molar-refractivity contribution in [1.82, 2.24) is 30.4 Å². The lowest BCUT2D eigenvalue weighted by atomic mass is 10.1. The lowest BCUT2D eigenvalue weighted by Crippen LogP contribution is -2.47. The minimum Gasteiger partial charge on any atom is -0.377 e. The number of guanidine groups is 1. The van der Waals surface area contributed by atoms with E-state index in [0.29, 0.717) is 12.6 Å². The Morgan fingerprint density at radius 2 is 2.35 bits per heavy atom. The van der Waals surface area contributed by atoms with Crippen LogP contribution in [0, 0.1) is 6.92 Å². The van der Waals surface area contributed by atoms with Gasteiger partial charge in [-0.1, -0.05) is 0 Å². The van der Waals surface area contributed by atoms with Gasteiger partial charge < -0.3 is 15.4 Å². The van der Waals surface area contributed by atoms with Crippen LogP contribution in [-0.2, 0) is 30.7 Å². The smallest absolute Gasteiger partial charge is 0.191 e. The monoisotopic (exact) mass is 377 g/mol. The highest BCUT2D eigenvalue weighted by Gasteiger charge is 2.22. The predicted octanol–water partition coefficient (Wildman–Crippen LogP) is 1.30. The maximum absolute atomic E-state index is 5.12. The van der Waals surface area contributed by atoms with Gasteiger partial charge in [0.25, 0.3) is 0 Å². The van der Waals surface area contributed by atoms with E-state index in [2.05, 4.69) is 36.1 Å². The lowest BCUT2D eigenvalue weighted by molar-refractivity contribution is 0.177. The highest BCUT2D eigenvalue weighted by molar-refractivity contribution is 7.09. The van der Waals surface area contributed by atoms with Crippen molar-refractivity contribution in [2.75, 3.05) is 20.7 Å². The molecule has 8 nitrogen and oxygen atoms in total. The molecule has 3 rings (SSSR count). The molecule has 1 aliphatic heterocycles. The van der Waals surface area contributed by atoms with Gasteiger partial charge in [0.2, 0.25) is 0 Å². The van der Waals surface area contributed by atoms with Gasteiger partial charge in [0, 0.05) is 50.7 Å². The van der Waals surface area contributed by atoms with Gasteiger partial charge in [-0.05, 0) is 19.8 Å². The zero-order valence-corrected chi connectivity index (χ0v) is 16.5. The molecule has 1 atom stereocenters. The van der Waals surface area contributed by atoms with Crippen molar-refractivity contribution in [3.63, 3.8) is 0 Å². The molecule has 1 aliphatic rings. The van der Waals surface area contributed by atoms with Gasteiger partial charge in [-0.25, -0.2) is 14.6 Å². The topological polar surface area (TPSA) is 89.2 Å². The number of hydrogen-bond acceptors (Lipinski definition) is 6. The summed E-state index contributed by atoms with van der Waals surface area (Å²) in [4.78, 5) is 13.3. The predicted molar refractivity (Wildman–Crippen MR) is 103 cm³/mol. The number of nitrogens with one attached hydrogen (secondary N) is 2. The summed E-state index contributed by atoms with van der Waals surface area (Å²) < 4.78 is 7.10. The molecule has 3 heterocycles. The van der Waals surface area contributed by atoms with Gasteiger partial charge in [0.15, 0.2) is 11.8 Å². The quantitative estimate of drug-likeness (QED) is 0.430. The van der Waals surface area contributed by atoms with Crippen LogP contribution in [-0.4, -0.2) is 52.5 Å². The molecule has 9 heteroatoms. The van der Waals surface area contributed by atoms with Crippen molar-refractivity contribution in [2.45, 2.75) is 51.8 Å². The number of thiazole rings is 1. The van der Waals surface area contributed by atoms with Crippen LogP contribution in [0.5, 0.6) is 0 Å². The highest BCUT2D eigenvalue weighted by atomic mass is 32.1. The molecule has 1 unspecified atom stereocenters. The number of fused-ring (bicyclic) bond motifs is 1. The molecular weight excluding hydrogens is 350 g/mol. The van der Waals surface area contributed by atoms with Crippen LogP contribution >= 0.6 is 11.3 Å². The van der Waals surface area contributed by atoms with E-state index in [9.17, 15) is 0 Å². The van der Waals surface area contributed by atoms with Gasteiger partial charge in [-0.2, -0.15) is 5.10 Å². The second-order valence-electron chi connectivity index (χ2n) is 6.42. The first-order valence-electron chi connectivity index (χ1n) is 8.97. The maximum Gasteiger partial charge on any atom is 0.191 e. The average molecular weight is 378 g/mol. The number of rotatable bonds is 7. The van der Waals surface area contributed by atoms with Crippen LogP contribution in [0.15, 0.2) is 10.4 Å². The molecule has 2 aromatic heterocycles. The van der Waals surface area contributed by atoms with E-state index in [1.165, 1.54) is 5.01 Å². The van der Waals surface area contributed by atoms with Gasteiger partial charge in [-0.3, -0.25) is 4.99 Å². The SMILES string of the molecule is CN=C(NCCCc1nc(C)cs1)NC1CCc2nc(COC)nn2C1. The number of methoxy groups -OCH3 is 1. The third kappa shape index (κ3) is 5.01. The second kappa shape index (κ2) is 9.09. The standard InChI is InChI=1S/C17H27N7OS/c1-12-11-26-16(20-12)5-4-8-19-17(18-2)21-13-6-7-15-22-14(10-25-3)23-24(15)9-13/h11,13H,4-10H2,1-3H3,(H2,18,19,21). The Labute approximate surface area is 158 Å². The summed E-state index contributed by atoms with van der Waals surface area (Å²) in [7, 11) is 3.47. The summed E-state index contributed by atoms with van der Waals surface area (Å²) in [6.07, 6.45) is 3.96. The summed E-state index contributed by atoms with van der Waals surface area (Å²) in [5, 5.41) is 14.7. The van der Waals surface area contributed by atoms with E-state index in [1.807, 2.05) is 11.6 Å². The van der Waals surface area contributed by atoms with Crippen molar-refractivity contribution < 1.29 is 4.74 Å². The molecule has 0 saturated carbocycles. The van der Waals surface area contributed by atoms with Gasteiger partial charge in [0.1, 0.15) is 12.4 Å². The van der Waals surface area contributed by atoms with Gasteiger partial charge in [0.05, 0.1) is 11.6 Å². The molecule has 26 heavy (non-hydrogen) atoms. The van der Waals surface area contributed by atoms with Crippen molar-refractivity contribution in [2.24, 2.45) is 4.99 Å². The van der Waals surface area contributed by atoms with Crippen molar-refractivity contribution in [1.29, 1.82) is 0 Å². The fourth-order valence-corrected chi connectivity index (χ4v) is 3.84. The first kappa shape index (κ1) is 18.8. The van der Waals surface area contributed by atoms with Crippen molar-refractivity contribution >= 4 is 17.3 Å². The summed E-state index contributed by atoms with van der Waals surface area (Å²) >= 11 is 1.73. The van der Waals surface area contributed by atoms with E-state index < -0.39 is 0 Å². The summed E-state index contributed by atoms with van der Waals surface area (Å²) in [6, 6.07) is 0.299. The summed E-state index contributed by atoms with van der Waals surface area (Å²) in [5.74, 6) is 2.63. The third-order valence-corrected chi connectivity index (χ3v) is 5.29. The Bertz CT molecular complexity index is 739. The molecule has 0 bridgehead atoms. The average Bonchev–Trinajstić information content (AvgIpc) is 3.23. The highest BCUT2D eigenvalue weighted by Crippen LogP contribution is 2.13. The van der Waals surface area contributed by atoms with Crippen LogP contribution < -0.4 is 10.6 Å². The minimum absolute atomic E-state index is 0.299. The number of aryl methyl sites for hydroxylation is 3.